The lowest BCUT2D eigenvalue weighted by Gasteiger charge is -2.10. The minimum absolute atomic E-state index is 0.0540. The zero-order valence-corrected chi connectivity index (χ0v) is 22.1. The first kappa shape index (κ1) is 25.0. The number of thiazole rings is 1. The summed E-state index contributed by atoms with van der Waals surface area (Å²) in [6.07, 6.45) is 3.58. The van der Waals surface area contributed by atoms with Crippen LogP contribution < -0.4 is 16.0 Å². The number of rotatable bonds is 6. The monoisotopic (exact) mass is 558 g/mol. The van der Waals surface area contributed by atoms with Gasteiger partial charge >= 0.3 is 0 Å². The van der Waals surface area contributed by atoms with Crippen molar-refractivity contribution in [3.8, 4) is 10.6 Å². The number of hydrogen-bond acceptors (Lipinski definition) is 7. The molecule has 1 aliphatic heterocycles. The summed E-state index contributed by atoms with van der Waals surface area (Å²) >= 11 is 1.43. The highest BCUT2D eigenvalue weighted by atomic mass is 32.2. The first-order valence-electron chi connectivity index (χ1n) is 12.2. The minimum Gasteiger partial charge on any atom is -0.347 e. The summed E-state index contributed by atoms with van der Waals surface area (Å²) in [5, 5.41) is 9.12. The smallest absolute Gasteiger partial charge is 0.257 e. The van der Waals surface area contributed by atoms with Gasteiger partial charge in [-0.1, -0.05) is 12.1 Å². The lowest BCUT2D eigenvalue weighted by molar-refractivity contribution is -0.117. The van der Waals surface area contributed by atoms with E-state index in [9.17, 15) is 22.8 Å². The molecule has 0 atom stereocenters. The molecule has 0 bridgehead atoms. The van der Waals surface area contributed by atoms with E-state index in [2.05, 4.69) is 20.9 Å². The Kier molecular flexibility index (Phi) is 6.24. The van der Waals surface area contributed by atoms with E-state index in [1.165, 1.54) is 41.7 Å². The quantitative estimate of drug-likeness (QED) is 0.319. The molecule has 6 rings (SSSR count). The molecule has 2 heterocycles. The first-order chi connectivity index (χ1) is 18.8. The number of carbonyl (C=O) groups excluding carboxylic acids is 3. The molecule has 3 N–H and O–H groups in total. The number of nitrogens with zero attached hydrogens (tertiary/aromatic N) is 1. The molecule has 0 radical (unpaired) electrons. The molecular formula is C28H22N4O5S2. The number of nitrogens with one attached hydrogen (secondary N) is 3. The van der Waals surface area contributed by atoms with Gasteiger partial charge in [0.25, 0.3) is 11.8 Å². The Balaban J connectivity index is 1.13. The topological polar surface area (TPSA) is 134 Å². The van der Waals surface area contributed by atoms with Crippen LogP contribution in [0.15, 0.2) is 82.7 Å². The van der Waals surface area contributed by atoms with E-state index in [4.69, 9.17) is 0 Å². The second-order valence-electron chi connectivity index (χ2n) is 9.32. The summed E-state index contributed by atoms with van der Waals surface area (Å²) in [6, 6.07) is 17.6. The third kappa shape index (κ3) is 4.93. The fraction of sp³-hybridized carbons (Fsp3) is 0.143. The largest absolute Gasteiger partial charge is 0.347 e. The summed E-state index contributed by atoms with van der Waals surface area (Å²) < 4.78 is 26.3. The van der Waals surface area contributed by atoms with Gasteiger partial charge in [0.2, 0.25) is 15.7 Å². The molecule has 1 fully saturated rings. The highest BCUT2D eigenvalue weighted by molar-refractivity contribution is 7.91. The summed E-state index contributed by atoms with van der Waals surface area (Å²) in [6.45, 7) is 0.221. The van der Waals surface area contributed by atoms with Crippen molar-refractivity contribution in [1.82, 2.24) is 10.3 Å². The van der Waals surface area contributed by atoms with Gasteiger partial charge < -0.3 is 16.0 Å². The van der Waals surface area contributed by atoms with Crippen molar-refractivity contribution in [1.29, 1.82) is 0 Å². The molecule has 2 aliphatic rings. The fourth-order valence-corrected chi connectivity index (χ4v) is 6.73. The summed E-state index contributed by atoms with van der Waals surface area (Å²) in [4.78, 5) is 42.6. The van der Waals surface area contributed by atoms with E-state index >= 15 is 0 Å². The predicted octanol–water partition coefficient (Wildman–Crippen LogP) is 4.49. The Morgan fingerprint density at radius 2 is 1.77 bits per heavy atom. The van der Waals surface area contributed by atoms with Crippen LogP contribution >= 0.6 is 11.3 Å². The third-order valence-electron chi connectivity index (χ3n) is 6.52. The lowest BCUT2D eigenvalue weighted by atomic mass is 10.1. The highest BCUT2D eigenvalue weighted by Crippen LogP contribution is 2.34. The van der Waals surface area contributed by atoms with Crippen LogP contribution in [0.3, 0.4) is 0 Å². The summed E-state index contributed by atoms with van der Waals surface area (Å²) in [5.41, 5.74) is 1.96. The van der Waals surface area contributed by atoms with Crippen LogP contribution in [0.25, 0.3) is 10.6 Å². The Hall–Kier alpha value is -4.35. The van der Waals surface area contributed by atoms with Crippen molar-refractivity contribution in [3.05, 3.63) is 88.9 Å². The van der Waals surface area contributed by atoms with Crippen molar-refractivity contribution < 1.29 is 22.8 Å². The molecule has 9 nitrogen and oxygen atoms in total. The van der Waals surface area contributed by atoms with Crippen molar-refractivity contribution in [2.45, 2.75) is 29.2 Å². The van der Waals surface area contributed by atoms with E-state index < -0.39 is 21.7 Å². The average molecular weight is 559 g/mol. The first-order valence-corrected chi connectivity index (χ1v) is 14.5. The number of carbonyl (C=O) groups is 3. The van der Waals surface area contributed by atoms with Gasteiger partial charge in [-0.15, -0.1) is 11.3 Å². The minimum atomic E-state index is -3.94. The SMILES string of the molecule is O=C(NCc1cnc(-c2ccc(NC(=O)C3CC3)cc2)s1)c1ccc2c(c1)NC(=O)c1ccccc1S2(=O)=O. The van der Waals surface area contributed by atoms with Crippen molar-refractivity contribution >= 4 is 50.3 Å². The van der Waals surface area contributed by atoms with Gasteiger partial charge in [0.1, 0.15) is 5.01 Å². The molecule has 11 heteroatoms. The van der Waals surface area contributed by atoms with Gasteiger partial charge in [0.05, 0.1) is 27.6 Å². The van der Waals surface area contributed by atoms with Crippen LogP contribution in [-0.2, 0) is 21.2 Å². The Labute approximate surface area is 228 Å². The molecule has 1 aromatic heterocycles. The molecule has 0 unspecified atom stereocenters. The molecule has 1 saturated carbocycles. The molecule has 3 aromatic carbocycles. The standard InChI is InChI=1S/C28H22N4O5S2/c33-25(18-9-12-24-22(13-18)32-27(35)21-3-1-2-4-23(21)39(24,36)37)29-14-20-15-30-28(38-20)17-7-10-19(11-8-17)31-26(34)16-5-6-16/h1-4,7-13,15-16H,5-6,14H2,(H,29,33)(H,31,34)(H,32,35). The van der Waals surface area contributed by atoms with Gasteiger partial charge in [-0.2, -0.15) is 0 Å². The molecule has 196 valence electrons. The van der Waals surface area contributed by atoms with Gasteiger partial charge in [0.15, 0.2) is 0 Å². The maximum atomic E-state index is 13.2. The van der Waals surface area contributed by atoms with E-state index in [-0.39, 0.29) is 45.0 Å². The maximum absolute atomic E-state index is 13.2. The van der Waals surface area contributed by atoms with E-state index in [0.717, 1.165) is 34.0 Å². The van der Waals surface area contributed by atoms with Gasteiger partial charge in [-0.25, -0.2) is 13.4 Å². The normalized spacial score (nSPS) is 15.3. The maximum Gasteiger partial charge on any atom is 0.257 e. The van der Waals surface area contributed by atoms with Crippen molar-refractivity contribution in [2.75, 3.05) is 10.6 Å². The van der Waals surface area contributed by atoms with Crippen LogP contribution in [-0.4, -0.2) is 31.1 Å². The number of aromatic nitrogens is 1. The number of hydrogen-bond donors (Lipinski definition) is 3. The van der Waals surface area contributed by atoms with E-state index in [0.29, 0.717) is 0 Å². The molecule has 0 spiro atoms. The molecule has 1 aliphatic carbocycles. The van der Waals surface area contributed by atoms with E-state index in [1.807, 2.05) is 24.3 Å². The van der Waals surface area contributed by atoms with Crippen LogP contribution in [0.2, 0.25) is 0 Å². The Bertz CT molecular complexity index is 1740. The van der Waals surface area contributed by atoms with Crippen LogP contribution in [0.4, 0.5) is 11.4 Å². The zero-order chi connectivity index (χ0) is 27.1. The second kappa shape index (κ2) is 9.75. The van der Waals surface area contributed by atoms with Crippen LogP contribution in [0.1, 0.15) is 38.4 Å². The molecule has 0 saturated heterocycles. The van der Waals surface area contributed by atoms with Gasteiger partial charge in [-0.3, -0.25) is 14.4 Å². The fourth-order valence-electron chi connectivity index (χ4n) is 4.28. The molecular weight excluding hydrogens is 536 g/mol. The van der Waals surface area contributed by atoms with Gasteiger partial charge in [0, 0.05) is 33.8 Å². The van der Waals surface area contributed by atoms with Crippen LogP contribution in [0.5, 0.6) is 0 Å². The van der Waals surface area contributed by atoms with E-state index in [1.54, 1.807) is 18.3 Å². The molecule has 3 amide bonds. The number of fused-ring (bicyclic) bond motifs is 2. The van der Waals surface area contributed by atoms with Crippen LogP contribution in [0, 0.1) is 5.92 Å². The predicted molar refractivity (Wildman–Crippen MR) is 146 cm³/mol. The number of amides is 3. The van der Waals surface area contributed by atoms with Gasteiger partial charge in [-0.05, 0) is 67.4 Å². The Morgan fingerprint density at radius 3 is 2.54 bits per heavy atom. The molecule has 4 aromatic rings. The number of anilines is 2. The molecule has 39 heavy (non-hydrogen) atoms. The lowest BCUT2D eigenvalue weighted by Crippen LogP contribution is -2.22. The van der Waals surface area contributed by atoms with Crippen molar-refractivity contribution in [3.63, 3.8) is 0 Å². The Morgan fingerprint density at radius 1 is 1.00 bits per heavy atom. The number of sulfone groups is 1. The highest BCUT2D eigenvalue weighted by Gasteiger charge is 2.31. The summed E-state index contributed by atoms with van der Waals surface area (Å²) in [5.74, 6) is -0.785. The third-order valence-corrected chi connectivity index (χ3v) is 9.44. The zero-order valence-electron chi connectivity index (χ0n) is 20.4. The number of benzene rings is 3. The average Bonchev–Trinajstić information content (AvgIpc) is 3.70. The summed E-state index contributed by atoms with van der Waals surface area (Å²) in [7, 11) is -3.94. The van der Waals surface area contributed by atoms with Crippen molar-refractivity contribution in [2.24, 2.45) is 5.92 Å². The second-order valence-corrected chi connectivity index (χ2v) is 12.3.